The average molecular weight is 913 g/mol. The maximum absolute atomic E-state index is 5.22. The molecule has 0 aliphatic rings. The number of hydrogen-bond acceptors (Lipinski definition) is 8. The normalized spacial score (nSPS) is 11.4. The fraction of sp³-hybridized carbons (Fsp3) is 0.254. The van der Waals surface area contributed by atoms with Crippen LogP contribution in [0, 0.1) is 11.8 Å². The largest absolute Gasteiger partial charge is 0.359 e. The molecule has 0 aliphatic heterocycles. The summed E-state index contributed by atoms with van der Waals surface area (Å²) in [7, 11) is 6.08. The average Bonchev–Trinajstić information content (AvgIpc) is 3.93. The monoisotopic (exact) mass is 913 g/mol. The Labute approximate surface area is 406 Å². The third-order valence-electron chi connectivity index (χ3n) is 12.3. The molecule has 0 saturated carbocycles. The summed E-state index contributed by atoms with van der Waals surface area (Å²) in [4.78, 5) is 27.5. The lowest BCUT2D eigenvalue weighted by Crippen LogP contribution is -2.23. The molecular weight excluding hydrogens is 849 g/mol. The summed E-state index contributed by atoms with van der Waals surface area (Å²) in [5.41, 5.74) is 11.2. The molecule has 69 heavy (non-hydrogen) atoms. The highest BCUT2D eigenvalue weighted by atomic mass is 15.3. The van der Waals surface area contributed by atoms with Crippen LogP contribution in [0.5, 0.6) is 0 Å². The van der Waals surface area contributed by atoms with Gasteiger partial charge in [-0.1, -0.05) is 185 Å². The van der Waals surface area contributed by atoms with Crippen LogP contribution < -0.4 is 20.0 Å². The Hall–Kier alpha value is -7.72. The summed E-state index contributed by atoms with van der Waals surface area (Å²) < 4.78 is 4.69. The molecule has 0 amide bonds. The number of imidazole rings is 2. The number of anilines is 4. The third-order valence-corrected chi connectivity index (χ3v) is 12.3. The van der Waals surface area contributed by atoms with Crippen LogP contribution in [0.3, 0.4) is 0 Å². The van der Waals surface area contributed by atoms with Crippen LogP contribution in [0.2, 0.25) is 0 Å². The molecule has 6 aromatic carbocycles. The molecule has 0 unspecified atom stereocenters. The van der Waals surface area contributed by atoms with Gasteiger partial charge in [0.1, 0.15) is 11.0 Å². The van der Waals surface area contributed by atoms with E-state index >= 15 is 0 Å². The van der Waals surface area contributed by atoms with Gasteiger partial charge < -0.3 is 29.2 Å². The summed E-state index contributed by atoms with van der Waals surface area (Å²) in [5, 5.41) is 5.61. The van der Waals surface area contributed by atoms with Crippen molar-refractivity contribution in [1.29, 1.82) is 0 Å². The fourth-order valence-electron chi connectivity index (χ4n) is 9.31. The molecule has 350 valence electrons. The molecule has 0 saturated heterocycles. The molecule has 0 bridgehead atoms. The minimum atomic E-state index is 0.490. The second-order valence-corrected chi connectivity index (χ2v) is 19.0. The van der Waals surface area contributed by atoms with E-state index in [2.05, 4.69) is 241 Å². The van der Waals surface area contributed by atoms with E-state index in [1.165, 1.54) is 22.3 Å². The van der Waals surface area contributed by atoms with Crippen LogP contribution >= 0.6 is 0 Å². The SMILES string of the molecule is CC(C)Cn1c(N(C)C)nc2c(N(Cc3ccccc3)Cc3ccccc3)nc3ccccc3c21.CNc1nc2c(N(Cc3ccccc3)Cc3ccccc3)nc3ccccc3c2n1CC(C)C. The molecule has 10 aromatic rings. The molecule has 0 fully saturated rings. The zero-order valence-corrected chi connectivity index (χ0v) is 41.1. The van der Waals surface area contributed by atoms with E-state index in [0.29, 0.717) is 11.8 Å². The first kappa shape index (κ1) is 46.4. The molecule has 0 radical (unpaired) electrons. The van der Waals surface area contributed by atoms with Crippen molar-refractivity contribution in [3.63, 3.8) is 0 Å². The topological polar surface area (TPSA) is 83.2 Å². The number of nitrogens with zero attached hydrogens (tertiary/aromatic N) is 9. The minimum absolute atomic E-state index is 0.490. The highest BCUT2D eigenvalue weighted by Gasteiger charge is 2.25. The van der Waals surface area contributed by atoms with Gasteiger partial charge in [-0.15, -0.1) is 0 Å². The van der Waals surface area contributed by atoms with Crippen LogP contribution in [0.25, 0.3) is 43.9 Å². The number of pyridine rings is 2. The summed E-state index contributed by atoms with van der Waals surface area (Å²) in [5.74, 6) is 4.67. The molecule has 4 heterocycles. The first-order valence-corrected chi connectivity index (χ1v) is 24.2. The number of para-hydroxylation sites is 2. The van der Waals surface area contributed by atoms with Gasteiger partial charge in [-0.25, -0.2) is 19.9 Å². The highest BCUT2D eigenvalue weighted by Crippen LogP contribution is 2.37. The molecular formula is C59H64N10. The third kappa shape index (κ3) is 10.4. The van der Waals surface area contributed by atoms with Crippen molar-refractivity contribution in [1.82, 2.24) is 29.1 Å². The first-order valence-electron chi connectivity index (χ1n) is 24.2. The Morgan fingerprint density at radius 2 is 0.783 bits per heavy atom. The van der Waals surface area contributed by atoms with Crippen molar-refractivity contribution in [2.45, 2.75) is 67.0 Å². The quantitative estimate of drug-likeness (QED) is 0.103. The maximum atomic E-state index is 5.22. The molecule has 10 nitrogen and oxygen atoms in total. The number of benzene rings is 6. The summed E-state index contributed by atoms with van der Waals surface area (Å²) >= 11 is 0. The number of nitrogens with one attached hydrogen (secondary N) is 1. The molecule has 10 rings (SSSR count). The second-order valence-electron chi connectivity index (χ2n) is 19.0. The van der Waals surface area contributed by atoms with Gasteiger partial charge in [0.15, 0.2) is 11.6 Å². The molecule has 1 N–H and O–H groups in total. The zero-order chi connectivity index (χ0) is 47.9. The lowest BCUT2D eigenvalue weighted by atomic mass is 10.1. The van der Waals surface area contributed by atoms with Crippen LogP contribution in [0.4, 0.5) is 23.5 Å². The molecule has 4 aromatic heterocycles. The van der Waals surface area contributed by atoms with Gasteiger partial charge in [-0.2, -0.15) is 0 Å². The van der Waals surface area contributed by atoms with Crippen molar-refractivity contribution in [2.75, 3.05) is 41.2 Å². The second kappa shape index (κ2) is 21.1. The van der Waals surface area contributed by atoms with Gasteiger partial charge in [-0.05, 0) is 46.2 Å². The summed E-state index contributed by atoms with van der Waals surface area (Å²) in [6.45, 7) is 13.8. The smallest absolute Gasteiger partial charge is 0.206 e. The van der Waals surface area contributed by atoms with Gasteiger partial charge in [0.2, 0.25) is 11.9 Å². The molecule has 0 aliphatic carbocycles. The van der Waals surface area contributed by atoms with Gasteiger partial charge in [-0.3, -0.25) is 0 Å². The van der Waals surface area contributed by atoms with Gasteiger partial charge >= 0.3 is 0 Å². The van der Waals surface area contributed by atoms with Crippen LogP contribution in [0.15, 0.2) is 170 Å². The number of rotatable bonds is 16. The molecule has 0 atom stereocenters. The van der Waals surface area contributed by atoms with E-state index in [1.54, 1.807) is 0 Å². The lowest BCUT2D eigenvalue weighted by molar-refractivity contribution is 0.533. The minimum Gasteiger partial charge on any atom is -0.359 e. The molecule has 10 heteroatoms. The zero-order valence-electron chi connectivity index (χ0n) is 41.1. The first-order chi connectivity index (χ1) is 33.6. The number of aromatic nitrogens is 6. The van der Waals surface area contributed by atoms with Gasteiger partial charge in [0, 0.05) is 71.2 Å². The maximum Gasteiger partial charge on any atom is 0.206 e. The van der Waals surface area contributed by atoms with Crippen molar-refractivity contribution in [3.8, 4) is 0 Å². The van der Waals surface area contributed by atoms with Crippen molar-refractivity contribution >= 4 is 67.4 Å². The Balaban J connectivity index is 0.000000172. The van der Waals surface area contributed by atoms with E-state index in [9.17, 15) is 0 Å². The number of hydrogen-bond donors (Lipinski definition) is 1. The Morgan fingerprint density at radius 3 is 1.16 bits per heavy atom. The summed E-state index contributed by atoms with van der Waals surface area (Å²) in [6.07, 6.45) is 0. The van der Waals surface area contributed by atoms with Crippen molar-refractivity contribution in [3.05, 3.63) is 192 Å². The molecule has 0 spiro atoms. The van der Waals surface area contributed by atoms with Crippen LogP contribution in [0.1, 0.15) is 49.9 Å². The van der Waals surface area contributed by atoms with E-state index in [1.807, 2.05) is 7.05 Å². The van der Waals surface area contributed by atoms with Crippen molar-refractivity contribution in [2.24, 2.45) is 11.8 Å². The van der Waals surface area contributed by atoms with Crippen molar-refractivity contribution < 1.29 is 0 Å². The highest BCUT2D eigenvalue weighted by molar-refractivity contribution is 6.09. The predicted octanol–water partition coefficient (Wildman–Crippen LogP) is 13.0. The Bertz CT molecular complexity index is 3170. The predicted molar refractivity (Wildman–Crippen MR) is 289 cm³/mol. The van der Waals surface area contributed by atoms with E-state index in [4.69, 9.17) is 19.9 Å². The van der Waals surface area contributed by atoms with Crippen LogP contribution in [-0.4, -0.2) is 50.2 Å². The van der Waals surface area contributed by atoms with Crippen LogP contribution in [-0.2, 0) is 39.3 Å². The Kier molecular flexibility index (Phi) is 14.2. The van der Waals surface area contributed by atoms with Gasteiger partial charge in [0.25, 0.3) is 0 Å². The van der Waals surface area contributed by atoms with E-state index < -0.39 is 0 Å². The van der Waals surface area contributed by atoms with E-state index in [-0.39, 0.29) is 0 Å². The van der Waals surface area contributed by atoms with Gasteiger partial charge in [0.05, 0.1) is 22.1 Å². The lowest BCUT2D eigenvalue weighted by Gasteiger charge is -2.25. The fourth-order valence-corrected chi connectivity index (χ4v) is 9.31. The van der Waals surface area contributed by atoms with E-state index in [0.717, 1.165) is 107 Å². The number of fused-ring (bicyclic) bond motifs is 6. The standard InChI is InChI=1S/C30H33N5.C29H31N5/c1-22(2)19-35-28-25-17-11-12-18-26(25)31-29(27(28)32-30(35)33(3)4)34(20-23-13-7-5-8-14-23)21-24-15-9-6-10-16-24;1-21(2)18-34-27-24-16-10-11-17-25(24)31-28(26(27)32-29(34)30-3)33(19-22-12-6-4-7-13-22)20-23-14-8-5-9-15-23/h5-18,22H,19-21H2,1-4H3;4-17,21H,18-20H2,1-3H3,(H,30,32). The summed E-state index contributed by atoms with van der Waals surface area (Å²) in [6, 6.07) is 59.3. The Morgan fingerprint density at radius 1 is 0.435 bits per heavy atom.